The van der Waals surface area contributed by atoms with Crippen molar-refractivity contribution < 1.29 is 0 Å². The summed E-state index contributed by atoms with van der Waals surface area (Å²) in [5.41, 5.74) is 0.891. The van der Waals surface area contributed by atoms with Crippen LogP contribution in [0.4, 0.5) is 0 Å². The van der Waals surface area contributed by atoms with Gasteiger partial charge in [-0.25, -0.2) is 4.99 Å². The zero-order chi connectivity index (χ0) is 13.1. The minimum absolute atomic E-state index is 0.0501. The van der Waals surface area contributed by atoms with E-state index in [4.69, 9.17) is 16.6 Å². The number of hydrogen-bond acceptors (Lipinski definition) is 3. The predicted octanol–water partition coefficient (Wildman–Crippen LogP) is 3.16. The van der Waals surface area contributed by atoms with Gasteiger partial charge in [0.25, 0.3) is 0 Å². The first-order valence-electron chi connectivity index (χ1n) is 6.77. The van der Waals surface area contributed by atoms with E-state index >= 15 is 0 Å². The highest BCUT2D eigenvalue weighted by atomic mass is 35.5. The molecule has 1 aliphatic heterocycles. The molecule has 1 heterocycles. The maximum Gasteiger partial charge on any atom is 0.158 e. The molecule has 0 spiro atoms. The van der Waals surface area contributed by atoms with Crippen molar-refractivity contribution in [2.24, 2.45) is 10.9 Å². The first kappa shape index (κ1) is 12.7. The van der Waals surface area contributed by atoms with Crippen LogP contribution in [0.5, 0.6) is 0 Å². The zero-order valence-electron chi connectivity index (χ0n) is 10.7. The Hall–Kier alpha value is -1.32. The molecule has 2 aliphatic rings. The van der Waals surface area contributed by atoms with Gasteiger partial charge in [-0.2, -0.15) is 0 Å². The van der Waals surface area contributed by atoms with E-state index in [-0.39, 0.29) is 11.8 Å². The van der Waals surface area contributed by atoms with Gasteiger partial charge in [-0.15, -0.1) is 0 Å². The molecule has 3 rings (SSSR count). The fraction of sp³-hybridized carbons (Fsp3) is 0.400. The fourth-order valence-corrected chi connectivity index (χ4v) is 2.83. The van der Waals surface area contributed by atoms with Crippen molar-refractivity contribution in [1.29, 1.82) is 0 Å². The molecule has 0 aromatic heterocycles. The monoisotopic (exact) mass is 275 g/mol. The average Bonchev–Trinajstić information content (AvgIpc) is 2.48. The Kier molecular flexibility index (Phi) is 3.85. The molecule has 1 aromatic rings. The summed E-state index contributed by atoms with van der Waals surface area (Å²) in [5, 5.41) is 6.51. The first-order chi connectivity index (χ1) is 9.33. The minimum Gasteiger partial charge on any atom is -0.345 e. The van der Waals surface area contributed by atoms with Crippen LogP contribution in [-0.4, -0.2) is 11.5 Å². The molecule has 0 radical (unpaired) electrons. The van der Waals surface area contributed by atoms with E-state index in [1.807, 2.05) is 18.2 Å². The van der Waals surface area contributed by atoms with Gasteiger partial charge < -0.3 is 5.32 Å². The Morgan fingerprint density at radius 3 is 2.74 bits per heavy atom. The van der Waals surface area contributed by atoms with E-state index < -0.39 is 0 Å². The van der Waals surface area contributed by atoms with Gasteiger partial charge in [-0.1, -0.05) is 54.1 Å². The summed E-state index contributed by atoms with van der Waals surface area (Å²) in [4.78, 5) is 4.80. The largest absolute Gasteiger partial charge is 0.345 e. The third kappa shape index (κ3) is 2.99. The number of benzene rings is 1. The summed E-state index contributed by atoms with van der Waals surface area (Å²) in [6.07, 6.45) is 7.75. The van der Waals surface area contributed by atoms with Crippen molar-refractivity contribution in [3.63, 3.8) is 0 Å². The van der Waals surface area contributed by atoms with E-state index in [9.17, 15) is 0 Å². The van der Waals surface area contributed by atoms with E-state index in [1.54, 1.807) is 0 Å². The van der Waals surface area contributed by atoms with Crippen LogP contribution in [0.2, 0.25) is 0 Å². The second kappa shape index (κ2) is 5.76. The van der Waals surface area contributed by atoms with Crippen molar-refractivity contribution in [3.8, 4) is 0 Å². The van der Waals surface area contributed by atoms with E-state index in [0.29, 0.717) is 5.92 Å². The molecule has 0 amide bonds. The first-order valence-corrected chi connectivity index (χ1v) is 7.21. The van der Waals surface area contributed by atoms with E-state index in [1.165, 1.54) is 0 Å². The number of amidine groups is 1. The summed E-state index contributed by atoms with van der Waals surface area (Å²) >= 11 is 6.25. The number of rotatable bonds is 2. The highest BCUT2D eigenvalue weighted by Gasteiger charge is 2.26. The van der Waals surface area contributed by atoms with Crippen LogP contribution >= 0.6 is 11.6 Å². The highest BCUT2D eigenvalue weighted by molar-refractivity contribution is 6.21. The van der Waals surface area contributed by atoms with Gasteiger partial charge in [0, 0.05) is 5.92 Å². The molecule has 0 fully saturated rings. The lowest BCUT2D eigenvalue weighted by atomic mass is 9.93. The Balaban J connectivity index is 1.83. The molecule has 2 N–H and O–H groups in total. The molecule has 1 aliphatic carbocycles. The minimum atomic E-state index is -0.261. The Morgan fingerprint density at radius 1 is 1.16 bits per heavy atom. The van der Waals surface area contributed by atoms with Gasteiger partial charge in [-0.05, 0) is 24.8 Å². The molecule has 0 saturated heterocycles. The smallest absolute Gasteiger partial charge is 0.158 e. The van der Waals surface area contributed by atoms with Gasteiger partial charge in [0.15, 0.2) is 5.62 Å². The zero-order valence-corrected chi connectivity index (χ0v) is 11.5. The number of alkyl halides is 1. The lowest BCUT2D eigenvalue weighted by molar-refractivity contribution is 0.455. The van der Waals surface area contributed by atoms with Crippen LogP contribution in [0.3, 0.4) is 0 Å². The van der Waals surface area contributed by atoms with Gasteiger partial charge in [0.2, 0.25) is 0 Å². The Bertz CT molecular complexity index is 483. The fourth-order valence-electron chi connectivity index (χ4n) is 2.60. The summed E-state index contributed by atoms with van der Waals surface area (Å²) < 4.78 is 0. The standard InChI is InChI=1S/C15H18ClN3/c16-15-18-13(11-7-3-1-4-8-11)17-14(19-15)12-9-5-2-6-10-12/h1-5,7-8,12-13,15,18H,6,9-10H2,(H,17,19). The van der Waals surface area contributed by atoms with E-state index in [2.05, 4.69) is 34.9 Å². The third-order valence-electron chi connectivity index (χ3n) is 3.62. The van der Waals surface area contributed by atoms with Crippen LogP contribution in [0.15, 0.2) is 47.5 Å². The van der Waals surface area contributed by atoms with Crippen molar-refractivity contribution in [3.05, 3.63) is 48.0 Å². The SMILES string of the molecule is ClC1NC(C2CC=CCC2)=NC(c2ccccc2)N1. The number of hydrogen-bond donors (Lipinski definition) is 2. The third-order valence-corrected chi connectivity index (χ3v) is 3.85. The highest BCUT2D eigenvalue weighted by Crippen LogP contribution is 2.25. The molecule has 0 saturated carbocycles. The molecule has 3 unspecified atom stereocenters. The van der Waals surface area contributed by atoms with Crippen LogP contribution in [0.1, 0.15) is 31.0 Å². The van der Waals surface area contributed by atoms with Crippen LogP contribution < -0.4 is 10.6 Å². The van der Waals surface area contributed by atoms with Gasteiger partial charge in [0.1, 0.15) is 12.0 Å². The average molecular weight is 276 g/mol. The van der Waals surface area contributed by atoms with Crippen LogP contribution in [0.25, 0.3) is 0 Å². The number of aliphatic imine (C=N–C) groups is 1. The molecule has 0 bridgehead atoms. The summed E-state index contributed by atoms with van der Waals surface area (Å²) in [5.74, 6) is 1.51. The molecule has 4 heteroatoms. The summed E-state index contributed by atoms with van der Waals surface area (Å²) in [7, 11) is 0. The van der Waals surface area contributed by atoms with Gasteiger partial charge >= 0.3 is 0 Å². The van der Waals surface area contributed by atoms with Crippen LogP contribution in [-0.2, 0) is 0 Å². The summed E-state index contributed by atoms with van der Waals surface area (Å²) in [6.45, 7) is 0. The Labute approximate surface area is 118 Å². The van der Waals surface area contributed by atoms with Crippen molar-refractivity contribution in [2.45, 2.75) is 31.1 Å². The topological polar surface area (TPSA) is 36.4 Å². The molecular formula is C15H18ClN3. The molecular weight excluding hydrogens is 258 g/mol. The molecule has 100 valence electrons. The number of nitrogens with one attached hydrogen (secondary N) is 2. The lowest BCUT2D eigenvalue weighted by Gasteiger charge is -2.32. The number of nitrogens with zero attached hydrogens (tertiary/aromatic N) is 1. The maximum atomic E-state index is 6.25. The van der Waals surface area contributed by atoms with Crippen molar-refractivity contribution in [2.75, 3.05) is 0 Å². The molecule has 19 heavy (non-hydrogen) atoms. The second-order valence-electron chi connectivity index (χ2n) is 4.98. The van der Waals surface area contributed by atoms with Crippen molar-refractivity contribution in [1.82, 2.24) is 10.6 Å². The Morgan fingerprint density at radius 2 is 2.00 bits per heavy atom. The molecule has 1 aromatic carbocycles. The van der Waals surface area contributed by atoms with Crippen LogP contribution in [0, 0.1) is 5.92 Å². The van der Waals surface area contributed by atoms with Crippen molar-refractivity contribution >= 4 is 17.4 Å². The second-order valence-corrected chi connectivity index (χ2v) is 5.42. The maximum absolute atomic E-state index is 6.25. The predicted molar refractivity (Wildman–Crippen MR) is 79.0 cm³/mol. The molecule has 3 atom stereocenters. The lowest BCUT2D eigenvalue weighted by Crippen LogP contribution is -2.50. The number of allylic oxidation sites excluding steroid dienone is 2. The van der Waals surface area contributed by atoms with Gasteiger partial charge in [-0.3, -0.25) is 5.32 Å². The van der Waals surface area contributed by atoms with E-state index in [0.717, 1.165) is 30.7 Å². The number of halogens is 1. The summed E-state index contributed by atoms with van der Waals surface area (Å²) in [6, 6.07) is 10.2. The van der Waals surface area contributed by atoms with Gasteiger partial charge in [0.05, 0.1) is 0 Å². The normalized spacial score (nSPS) is 30.6. The molecule has 3 nitrogen and oxygen atoms in total. The quantitative estimate of drug-likeness (QED) is 0.494.